The van der Waals surface area contributed by atoms with Gasteiger partial charge in [-0.05, 0) is 80.7 Å². The molecule has 3 aromatic rings. The molecule has 0 radical (unpaired) electrons. The van der Waals surface area contributed by atoms with Crippen molar-refractivity contribution >= 4 is 5.91 Å². The Labute approximate surface area is 205 Å². The lowest BCUT2D eigenvalue weighted by Gasteiger charge is -2.26. The Morgan fingerprint density at radius 1 is 1.00 bits per heavy atom. The molecule has 1 aromatic heterocycles. The number of aromatic amines is 1. The van der Waals surface area contributed by atoms with E-state index in [1.54, 1.807) is 12.1 Å². The molecule has 8 heteroatoms. The average molecular weight is 478 g/mol. The number of hydrogen-bond donors (Lipinski definition) is 1. The van der Waals surface area contributed by atoms with Gasteiger partial charge in [0.15, 0.2) is 5.82 Å². The third-order valence-electron chi connectivity index (χ3n) is 6.87. The Balaban J connectivity index is 1.17. The minimum absolute atomic E-state index is 0.0164. The molecule has 2 aromatic carbocycles. The Morgan fingerprint density at radius 2 is 1.77 bits per heavy atom. The molecule has 35 heavy (non-hydrogen) atoms. The summed E-state index contributed by atoms with van der Waals surface area (Å²) in [4.78, 5) is 22.2. The number of benzene rings is 2. The number of halogens is 1. The minimum atomic E-state index is -0.260. The average Bonchev–Trinajstić information content (AvgIpc) is 3.56. The summed E-state index contributed by atoms with van der Waals surface area (Å²) in [6, 6.07) is 13.6. The second kappa shape index (κ2) is 11.0. The number of carbonyl (C=O) groups excluding carboxylic acids is 1. The fraction of sp³-hybridized carbons (Fsp3) is 0.444. The summed E-state index contributed by atoms with van der Waals surface area (Å²) in [7, 11) is 0. The number of likely N-dealkylation sites (tertiary alicyclic amines) is 2. The van der Waals surface area contributed by atoms with Crippen LogP contribution in [0.15, 0.2) is 48.5 Å². The maximum atomic E-state index is 13.3. The van der Waals surface area contributed by atoms with Crippen molar-refractivity contribution in [2.24, 2.45) is 0 Å². The van der Waals surface area contributed by atoms with E-state index in [1.165, 1.54) is 31.4 Å². The van der Waals surface area contributed by atoms with Gasteiger partial charge in [0.25, 0.3) is 5.91 Å². The van der Waals surface area contributed by atoms with Crippen molar-refractivity contribution in [2.45, 2.75) is 44.6 Å². The first-order valence-corrected chi connectivity index (χ1v) is 12.6. The molecule has 1 N–H and O–H groups in total. The molecule has 2 saturated heterocycles. The van der Waals surface area contributed by atoms with Gasteiger partial charge in [-0.2, -0.15) is 5.10 Å². The highest BCUT2D eigenvalue weighted by Crippen LogP contribution is 2.31. The molecule has 1 atom stereocenters. The lowest BCUT2D eigenvalue weighted by atomic mass is 10.1. The smallest absolute Gasteiger partial charge is 0.254 e. The predicted octanol–water partition coefficient (Wildman–Crippen LogP) is 4.38. The van der Waals surface area contributed by atoms with Crippen LogP contribution in [-0.4, -0.2) is 63.7 Å². The van der Waals surface area contributed by atoms with Crippen LogP contribution in [-0.2, 0) is 6.42 Å². The predicted molar refractivity (Wildman–Crippen MR) is 131 cm³/mol. The molecule has 3 heterocycles. The van der Waals surface area contributed by atoms with Crippen LogP contribution in [0.3, 0.4) is 0 Å². The monoisotopic (exact) mass is 477 g/mol. The summed E-state index contributed by atoms with van der Waals surface area (Å²) < 4.78 is 19.1. The first-order chi connectivity index (χ1) is 17.2. The molecule has 2 aliphatic heterocycles. The molecular formula is C27H32FN5O2. The van der Waals surface area contributed by atoms with Gasteiger partial charge in [0, 0.05) is 25.1 Å². The largest absolute Gasteiger partial charge is 0.492 e. The Morgan fingerprint density at radius 3 is 2.54 bits per heavy atom. The second-order valence-electron chi connectivity index (χ2n) is 9.38. The summed E-state index contributed by atoms with van der Waals surface area (Å²) >= 11 is 0. The number of aromatic nitrogens is 3. The zero-order chi connectivity index (χ0) is 24.0. The number of amides is 1. The van der Waals surface area contributed by atoms with E-state index in [-0.39, 0.29) is 17.8 Å². The maximum Gasteiger partial charge on any atom is 0.254 e. The highest BCUT2D eigenvalue weighted by Gasteiger charge is 2.33. The van der Waals surface area contributed by atoms with Crippen molar-refractivity contribution < 1.29 is 13.9 Å². The summed E-state index contributed by atoms with van der Waals surface area (Å²) in [5.74, 6) is 1.85. The quantitative estimate of drug-likeness (QED) is 0.521. The molecule has 0 unspecified atom stereocenters. The molecule has 184 valence electrons. The van der Waals surface area contributed by atoms with Gasteiger partial charge in [-0.15, -0.1) is 0 Å². The van der Waals surface area contributed by atoms with Gasteiger partial charge in [0.1, 0.15) is 24.0 Å². The lowest BCUT2D eigenvalue weighted by molar-refractivity contribution is 0.0730. The summed E-state index contributed by atoms with van der Waals surface area (Å²) in [5, 5.41) is 7.38. The van der Waals surface area contributed by atoms with Gasteiger partial charge in [0.2, 0.25) is 0 Å². The number of ether oxygens (including phenoxy) is 1. The van der Waals surface area contributed by atoms with Crippen LogP contribution in [0, 0.1) is 5.82 Å². The standard InChI is InChI=1S/C27H32FN5O2/c28-22-10-6-20(7-11-22)19-25-29-26(31-30-25)24-5-4-16-33(24)27(34)21-8-12-23(13-9-21)35-18-17-32-14-2-1-3-15-32/h6-13,24H,1-5,14-19H2,(H,29,30,31)/t24-/m0/s1. The maximum absolute atomic E-state index is 13.3. The van der Waals surface area contributed by atoms with Crippen molar-refractivity contribution in [3.05, 3.63) is 77.1 Å². The van der Waals surface area contributed by atoms with E-state index in [2.05, 4.69) is 20.1 Å². The van der Waals surface area contributed by atoms with Crippen molar-refractivity contribution in [3.63, 3.8) is 0 Å². The zero-order valence-corrected chi connectivity index (χ0v) is 20.0. The lowest BCUT2D eigenvalue weighted by Crippen LogP contribution is -2.33. The van der Waals surface area contributed by atoms with Gasteiger partial charge < -0.3 is 9.64 Å². The number of hydrogen-bond acceptors (Lipinski definition) is 5. The number of piperidine rings is 1. The summed E-state index contributed by atoms with van der Waals surface area (Å²) in [5.41, 5.74) is 1.59. The van der Waals surface area contributed by atoms with Crippen LogP contribution in [0.1, 0.15) is 65.7 Å². The number of nitrogens with one attached hydrogen (secondary N) is 1. The SMILES string of the molecule is O=C(c1ccc(OCCN2CCCCC2)cc1)N1CCC[C@H]1c1n[nH]c(Cc2ccc(F)cc2)n1. The van der Waals surface area contributed by atoms with E-state index in [1.807, 2.05) is 29.2 Å². The number of H-pyrrole nitrogens is 1. The van der Waals surface area contributed by atoms with Crippen LogP contribution in [0.5, 0.6) is 5.75 Å². The van der Waals surface area contributed by atoms with Gasteiger partial charge in [-0.1, -0.05) is 18.6 Å². The molecule has 0 spiro atoms. The van der Waals surface area contributed by atoms with E-state index < -0.39 is 0 Å². The van der Waals surface area contributed by atoms with E-state index in [4.69, 9.17) is 4.74 Å². The van der Waals surface area contributed by atoms with Gasteiger partial charge in [0.05, 0.1) is 6.04 Å². The highest BCUT2D eigenvalue weighted by molar-refractivity contribution is 5.94. The molecule has 0 aliphatic carbocycles. The van der Waals surface area contributed by atoms with Crippen LogP contribution in [0.25, 0.3) is 0 Å². The van der Waals surface area contributed by atoms with Crippen LogP contribution >= 0.6 is 0 Å². The number of carbonyl (C=O) groups is 1. The van der Waals surface area contributed by atoms with Crippen molar-refractivity contribution in [2.75, 3.05) is 32.8 Å². The van der Waals surface area contributed by atoms with Gasteiger partial charge in [-0.3, -0.25) is 14.8 Å². The third kappa shape index (κ3) is 5.88. The Kier molecular flexibility index (Phi) is 7.37. The molecule has 2 fully saturated rings. The molecule has 0 saturated carbocycles. The van der Waals surface area contributed by atoms with Crippen molar-refractivity contribution in [1.82, 2.24) is 25.0 Å². The van der Waals surface area contributed by atoms with Gasteiger partial charge in [-0.25, -0.2) is 9.37 Å². The third-order valence-corrected chi connectivity index (χ3v) is 6.87. The molecular weight excluding hydrogens is 445 g/mol. The zero-order valence-electron chi connectivity index (χ0n) is 20.0. The summed E-state index contributed by atoms with van der Waals surface area (Å²) in [6.45, 7) is 4.60. The normalized spacial score (nSPS) is 18.7. The van der Waals surface area contributed by atoms with Crippen LogP contribution < -0.4 is 4.74 Å². The molecule has 1 amide bonds. The topological polar surface area (TPSA) is 74.3 Å². The van der Waals surface area contributed by atoms with Gasteiger partial charge >= 0.3 is 0 Å². The Bertz CT molecular complexity index is 1110. The first-order valence-electron chi connectivity index (χ1n) is 12.6. The van der Waals surface area contributed by atoms with E-state index >= 15 is 0 Å². The number of nitrogens with zero attached hydrogens (tertiary/aromatic N) is 4. The van der Waals surface area contributed by atoms with E-state index in [0.29, 0.717) is 36.8 Å². The van der Waals surface area contributed by atoms with Crippen LogP contribution in [0.4, 0.5) is 4.39 Å². The summed E-state index contributed by atoms with van der Waals surface area (Å²) in [6.07, 6.45) is 6.16. The van der Waals surface area contributed by atoms with E-state index in [9.17, 15) is 9.18 Å². The van der Waals surface area contributed by atoms with Crippen molar-refractivity contribution in [3.8, 4) is 5.75 Å². The minimum Gasteiger partial charge on any atom is -0.492 e. The Hall–Kier alpha value is -3.26. The van der Waals surface area contributed by atoms with E-state index in [0.717, 1.165) is 43.8 Å². The molecule has 7 nitrogen and oxygen atoms in total. The van der Waals surface area contributed by atoms with Crippen molar-refractivity contribution in [1.29, 1.82) is 0 Å². The van der Waals surface area contributed by atoms with Crippen LogP contribution in [0.2, 0.25) is 0 Å². The molecule has 5 rings (SSSR count). The fourth-order valence-corrected chi connectivity index (χ4v) is 4.95. The number of rotatable bonds is 8. The fourth-order valence-electron chi connectivity index (χ4n) is 4.95. The second-order valence-corrected chi connectivity index (χ2v) is 9.38. The first kappa shape index (κ1) is 23.5. The molecule has 2 aliphatic rings. The molecule has 0 bridgehead atoms. The highest BCUT2D eigenvalue weighted by atomic mass is 19.1.